The number of phosphoric ester groups is 1. The number of imidazole rings is 1. The van der Waals surface area contributed by atoms with Gasteiger partial charge in [0.05, 0.1) is 19.0 Å². The maximum absolute atomic E-state index is 12.4. The largest absolute Gasteiger partial charge is 1.00 e. The van der Waals surface area contributed by atoms with Crippen LogP contribution < -0.4 is 75.1 Å². The molecule has 2 unspecified atom stereocenters. The van der Waals surface area contributed by atoms with Crippen LogP contribution in [0.2, 0.25) is 0 Å². The van der Waals surface area contributed by atoms with Gasteiger partial charge in [-0.1, -0.05) is 6.10 Å². The fourth-order valence-electron chi connectivity index (χ4n) is 2.59. The fraction of sp³-hybridized carbons (Fsp3) is 0.500. The molecule has 0 aliphatic carbocycles. The van der Waals surface area contributed by atoms with Crippen LogP contribution >= 0.6 is 23.5 Å². The van der Waals surface area contributed by atoms with E-state index in [2.05, 4.69) is 28.1 Å². The van der Waals surface area contributed by atoms with Gasteiger partial charge < -0.3 is 40.3 Å². The first-order valence-electron chi connectivity index (χ1n) is 7.87. The number of ether oxygens (including phenoxy) is 1. The van der Waals surface area contributed by atoms with Gasteiger partial charge in [-0.15, -0.1) is 6.10 Å². The topological polar surface area (TPSA) is 285 Å². The number of hydrogen-bond donors (Lipinski definition) is 5. The third kappa shape index (κ3) is 8.06. The monoisotopic (exact) mass is 551 g/mol. The van der Waals surface area contributed by atoms with Crippen LogP contribution in [0.3, 0.4) is 0 Å². The molecule has 0 radical (unpaired) electrons. The van der Waals surface area contributed by atoms with Crippen molar-refractivity contribution in [2.45, 2.75) is 24.5 Å². The number of nitrogens with zero attached hydrogens (tertiary/aromatic N) is 4. The van der Waals surface area contributed by atoms with E-state index in [-0.39, 0.29) is 76.1 Å². The number of anilines is 1. The average molecular weight is 551 g/mol. The van der Waals surface area contributed by atoms with Crippen LogP contribution in [-0.2, 0) is 31.6 Å². The van der Waals surface area contributed by atoms with Gasteiger partial charge in [-0.25, -0.2) is 28.6 Å². The first-order chi connectivity index (χ1) is 14.2. The molecule has 6 N–H and O–H groups in total. The van der Waals surface area contributed by atoms with Crippen LogP contribution in [0.1, 0.15) is 6.23 Å². The standard InChI is InChI=1S/C10H14N5O13P3.2Na/c11-8-5-9(13-2-12-8)15(3-14-5)10-7(17)6(16)4(26-10)1-25-30(21,22)28-31(23,24)27-29(18,19)20;;/h2-4,6-7,10H,1H2,(H,21,22)(H,23,24)(H2,11,12,13)(H2,18,19,20);;/q-2;2*+1/t4-,6-,7-,10-;;/m1../s1. The second kappa shape index (κ2) is 11.8. The molecule has 6 atom stereocenters. The van der Waals surface area contributed by atoms with Gasteiger partial charge >= 0.3 is 82.6 Å². The second-order valence-electron chi connectivity index (χ2n) is 5.96. The van der Waals surface area contributed by atoms with Crippen LogP contribution in [-0.4, -0.2) is 64.0 Å². The number of nitrogen functional groups attached to an aromatic ring is 1. The molecule has 174 valence electrons. The van der Waals surface area contributed by atoms with E-state index in [0.717, 1.165) is 17.2 Å². The van der Waals surface area contributed by atoms with Crippen molar-refractivity contribution in [3.05, 3.63) is 12.7 Å². The number of phosphoric acid groups is 3. The maximum Gasteiger partial charge on any atom is 1.00 e. The Kier molecular flexibility index (Phi) is 11.3. The average Bonchev–Trinajstić information content (AvgIpc) is 3.13. The van der Waals surface area contributed by atoms with Crippen molar-refractivity contribution in [3.8, 4) is 0 Å². The minimum Gasteiger partial charge on any atom is -0.851 e. The molecule has 3 heterocycles. The summed E-state index contributed by atoms with van der Waals surface area (Å²) in [4.78, 5) is 47.0. The Morgan fingerprint density at radius 2 is 1.67 bits per heavy atom. The minimum atomic E-state index is -5.73. The summed E-state index contributed by atoms with van der Waals surface area (Å²) in [6.07, 6.45) is -4.86. The van der Waals surface area contributed by atoms with Crippen molar-refractivity contribution in [3.63, 3.8) is 0 Å². The molecule has 23 heteroatoms. The van der Waals surface area contributed by atoms with E-state index in [0.29, 0.717) is 0 Å². The summed E-state index contributed by atoms with van der Waals surface area (Å²) in [6.45, 7) is -1.06. The molecule has 3 rings (SSSR count). The first kappa shape index (κ1) is 31.7. The summed E-state index contributed by atoms with van der Waals surface area (Å²) in [6, 6.07) is 0. The zero-order valence-corrected chi connectivity index (χ0v) is 23.5. The van der Waals surface area contributed by atoms with Crippen molar-refractivity contribution in [1.29, 1.82) is 0 Å². The van der Waals surface area contributed by atoms with E-state index >= 15 is 0 Å². The molecule has 0 saturated carbocycles. The summed E-state index contributed by atoms with van der Waals surface area (Å²) in [5, 5.41) is 24.6. The molecule has 1 aliphatic rings. The van der Waals surface area contributed by atoms with Crippen molar-refractivity contribution >= 4 is 40.4 Å². The molecule has 1 fully saturated rings. The van der Waals surface area contributed by atoms with E-state index in [9.17, 15) is 28.8 Å². The zero-order valence-electron chi connectivity index (χ0n) is 16.8. The summed E-state index contributed by atoms with van der Waals surface area (Å²) in [5.41, 5.74) is 5.86. The Morgan fingerprint density at radius 3 is 2.27 bits per heavy atom. The Hall–Kier alpha value is 0.640. The van der Waals surface area contributed by atoms with E-state index < -0.39 is 54.6 Å². The number of hydrogen-bond acceptors (Lipinski definition) is 13. The van der Waals surface area contributed by atoms with Gasteiger partial charge in [-0.2, -0.15) is 8.62 Å². The third-order valence-corrected chi connectivity index (χ3v) is 7.57. The van der Waals surface area contributed by atoms with Crippen molar-refractivity contribution in [2.75, 3.05) is 12.3 Å². The smallest absolute Gasteiger partial charge is 0.851 e. The van der Waals surface area contributed by atoms with Crippen LogP contribution in [0.15, 0.2) is 12.7 Å². The summed E-state index contributed by atoms with van der Waals surface area (Å²) >= 11 is 0. The number of nitrogens with two attached hydrogens (primary N) is 1. The Morgan fingerprint density at radius 1 is 1.03 bits per heavy atom. The van der Waals surface area contributed by atoms with Crippen LogP contribution in [0.5, 0.6) is 0 Å². The molecule has 33 heavy (non-hydrogen) atoms. The van der Waals surface area contributed by atoms with Gasteiger partial charge in [0, 0.05) is 0 Å². The van der Waals surface area contributed by atoms with Crippen molar-refractivity contribution in [2.24, 2.45) is 0 Å². The van der Waals surface area contributed by atoms with Gasteiger partial charge in [0.2, 0.25) is 0 Å². The van der Waals surface area contributed by atoms with Crippen LogP contribution in [0.4, 0.5) is 5.82 Å². The first-order valence-corrected chi connectivity index (χ1v) is 12.4. The predicted octanol–water partition coefficient (Wildman–Crippen LogP) is -8.89. The van der Waals surface area contributed by atoms with Crippen LogP contribution in [0.25, 0.3) is 11.2 Å². The molecule has 0 aromatic carbocycles. The summed E-state index contributed by atoms with van der Waals surface area (Å²) in [5.74, 6) is 0.00655. The zero-order chi connectivity index (χ0) is 23.2. The Balaban J connectivity index is 0.00000272. The molecule has 2 aromatic rings. The minimum absolute atomic E-state index is 0. The Labute approximate surface area is 228 Å². The fourth-order valence-corrected chi connectivity index (χ4v) is 5.62. The molecule has 1 aliphatic heterocycles. The van der Waals surface area contributed by atoms with Crippen molar-refractivity contribution < 1.29 is 120 Å². The van der Waals surface area contributed by atoms with Crippen LogP contribution in [0, 0.1) is 0 Å². The maximum atomic E-state index is 12.4. The van der Waals surface area contributed by atoms with E-state index in [1.807, 2.05) is 0 Å². The quantitative estimate of drug-likeness (QED) is 0.150. The van der Waals surface area contributed by atoms with Gasteiger partial charge in [-0.3, -0.25) is 9.09 Å². The third-order valence-electron chi connectivity index (χ3n) is 3.76. The molecule has 2 aromatic heterocycles. The molecule has 1 saturated heterocycles. The predicted molar refractivity (Wildman–Crippen MR) is 91.0 cm³/mol. The Bertz CT molecular complexity index is 1120. The number of aromatic nitrogens is 4. The molecule has 0 bridgehead atoms. The van der Waals surface area contributed by atoms with E-state index in [4.69, 9.17) is 25.2 Å². The molecule has 18 nitrogen and oxygen atoms in total. The van der Waals surface area contributed by atoms with Gasteiger partial charge in [0.25, 0.3) is 0 Å². The van der Waals surface area contributed by atoms with E-state index in [1.54, 1.807) is 0 Å². The molecular formula is C10H14N5Na2O13P3. The van der Waals surface area contributed by atoms with Gasteiger partial charge in [0.15, 0.2) is 11.5 Å². The van der Waals surface area contributed by atoms with Gasteiger partial charge in [0.1, 0.15) is 18.1 Å². The summed E-state index contributed by atoms with van der Waals surface area (Å²) < 4.78 is 51.5. The normalized spacial score (nSPS) is 26.7. The SMILES string of the molecule is Nc1ncnc2c1ncn2[C@@H]1O[C@H](COP(=O)(O)OP(=O)(O)OP(=O)(O)O)[C@@H]([O-])[C@H]1[O-].[Na+].[Na+]. The molecule has 0 amide bonds. The summed E-state index contributed by atoms with van der Waals surface area (Å²) in [7, 11) is -16.8. The molecular weight excluding hydrogens is 537 g/mol. The van der Waals surface area contributed by atoms with Crippen molar-refractivity contribution in [1.82, 2.24) is 19.5 Å². The second-order valence-corrected chi connectivity index (χ2v) is 10.4. The van der Waals surface area contributed by atoms with E-state index in [1.165, 1.54) is 0 Å². The number of rotatable bonds is 8. The van der Waals surface area contributed by atoms with Gasteiger partial charge in [-0.05, 0) is 0 Å². The number of fused-ring (bicyclic) bond motifs is 1. The molecule has 0 spiro atoms.